The third-order valence-corrected chi connectivity index (χ3v) is 2.75. The lowest BCUT2D eigenvalue weighted by Crippen LogP contribution is -1.94. The molecule has 0 amide bonds. The van der Waals surface area contributed by atoms with Gasteiger partial charge in [-0.3, -0.25) is 0 Å². The number of halogens is 1. The van der Waals surface area contributed by atoms with Gasteiger partial charge in [0.25, 0.3) is 0 Å². The van der Waals surface area contributed by atoms with Gasteiger partial charge in [-0.05, 0) is 11.6 Å². The van der Waals surface area contributed by atoms with Gasteiger partial charge in [0.2, 0.25) is 0 Å². The Hall–Kier alpha value is -1.19. The number of fused-ring (bicyclic) bond motifs is 1. The maximum atomic E-state index is 6.01. The standard InChI is InChI=1S/C11H13ClN2O/c1-14-6-7(5-13)9-3-8(12)4-10(15-2)11(9)14/h3-4,6H,5,13H2,1-2H3. The number of nitrogens with two attached hydrogens (primary N) is 1. The fourth-order valence-electron chi connectivity index (χ4n) is 1.87. The monoisotopic (exact) mass is 224 g/mol. The zero-order chi connectivity index (χ0) is 11.0. The quantitative estimate of drug-likeness (QED) is 0.851. The molecule has 80 valence electrons. The molecule has 0 bridgehead atoms. The normalized spacial score (nSPS) is 10.9. The largest absolute Gasteiger partial charge is 0.494 e. The lowest BCUT2D eigenvalue weighted by Gasteiger charge is -2.05. The van der Waals surface area contributed by atoms with Crippen LogP contribution in [0.4, 0.5) is 0 Å². The van der Waals surface area contributed by atoms with Crippen LogP contribution in [0.25, 0.3) is 10.9 Å². The van der Waals surface area contributed by atoms with Crippen LogP contribution in [-0.4, -0.2) is 11.7 Å². The van der Waals surface area contributed by atoms with E-state index in [4.69, 9.17) is 22.1 Å². The Kier molecular flexibility index (Phi) is 2.59. The van der Waals surface area contributed by atoms with Gasteiger partial charge in [0.1, 0.15) is 5.75 Å². The average Bonchev–Trinajstić information content (AvgIpc) is 2.54. The van der Waals surface area contributed by atoms with E-state index >= 15 is 0 Å². The highest BCUT2D eigenvalue weighted by molar-refractivity contribution is 6.31. The minimum atomic E-state index is 0.501. The second kappa shape index (κ2) is 3.76. The molecule has 0 spiro atoms. The zero-order valence-electron chi connectivity index (χ0n) is 8.75. The van der Waals surface area contributed by atoms with Crippen molar-refractivity contribution in [3.05, 3.63) is 28.9 Å². The summed E-state index contributed by atoms with van der Waals surface area (Å²) in [4.78, 5) is 0. The highest BCUT2D eigenvalue weighted by Crippen LogP contribution is 2.32. The Morgan fingerprint density at radius 3 is 2.80 bits per heavy atom. The number of rotatable bonds is 2. The summed E-state index contributed by atoms with van der Waals surface area (Å²) in [6, 6.07) is 3.73. The number of methoxy groups -OCH3 is 1. The first-order valence-electron chi connectivity index (χ1n) is 4.69. The van der Waals surface area contributed by atoms with Crippen LogP contribution in [0.2, 0.25) is 5.02 Å². The minimum Gasteiger partial charge on any atom is -0.494 e. The predicted molar refractivity (Wildman–Crippen MR) is 62.4 cm³/mol. The molecule has 2 N–H and O–H groups in total. The number of nitrogens with zero attached hydrogens (tertiary/aromatic N) is 1. The van der Waals surface area contributed by atoms with Gasteiger partial charge in [0.05, 0.1) is 12.6 Å². The Morgan fingerprint density at radius 1 is 1.47 bits per heavy atom. The van der Waals surface area contributed by atoms with E-state index in [2.05, 4.69) is 0 Å². The summed E-state index contributed by atoms with van der Waals surface area (Å²) in [5, 5.41) is 1.73. The maximum Gasteiger partial charge on any atom is 0.144 e. The lowest BCUT2D eigenvalue weighted by molar-refractivity contribution is 0.418. The third-order valence-electron chi connectivity index (χ3n) is 2.53. The molecule has 1 heterocycles. The van der Waals surface area contributed by atoms with E-state index in [1.54, 1.807) is 7.11 Å². The molecule has 0 aliphatic carbocycles. The summed E-state index contributed by atoms with van der Waals surface area (Å²) >= 11 is 6.01. The molecule has 0 radical (unpaired) electrons. The van der Waals surface area contributed by atoms with Crippen LogP contribution in [0.1, 0.15) is 5.56 Å². The molecule has 4 heteroatoms. The molecule has 0 saturated heterocycles. The molecular weight excluding hydrogens is 212 g/mol. The molecule has 0 aliphatic heterocycles. The topological polar surface area (TPSA) is 40.2 Å². The second-order valence-electron chi connectivity index (χ2n) is 3.47. The molecule has 1 aromatic carbocycles. The van der Waals surface area contributed by atoms with Crippen molar-refractivity contribution >= 4 is 22.5 Å². The number of benzene rings is 1. The number of aryl methyl sites for hydroxylation is 1. The highest BCUT2D eigenvalue weighted by Gasteiger charge is 2.11. The number of aromatic nitrogens is 1. The van der Waals surface area contributed by atoms with Gasteiger partial charge < -0.3 is 15.0 Å². The van der Waals surface area contributed by atoms with Crippen LogP contribution < -0.4 is 10.5 Å². The van der Waals surface area contributed by atoms with Gasteiger partial charge in [0, 0.05) is 36.3 Å². The van der Waals surface area contributed by atoms with Crippen molar-refractivity contribution in [2.45, 2.75) is 6.54 Å². The Morgan fingerprint density at radius 2 is 2.20 bits per heavy atom. The Labute approximate surface area is 93.4 Å². The molecule has 15 heavy (non-hydrogen) atoms. The van der Waals surface area contributed by atoms with E-state index in [-0.39, 0.29) is 0 Å². The summed E-state index contributed by atoms with van der Waals surface area (Å²) in [7, 11) is 3.61. The lowest BCUT2D eigenvalue weighted by atomic mass is 10.1. The van der Waals surface area contributed by atoms with E-state index in [9.17, 15) is 0 Å². The second-order valence-corrected chi connectivity index (χ2v) is 3.91. The molecule has 0 fully saturated rings. The zero-order valence-corrected chi connectivity index (χ0v) is 9.51. The third kappa shape index (κ3) is 1.58. The van der Waals surface area contributed by atoms with E-state index in [1.165, 1.54) is 0 Å². The van der Waals surface area contributed by atoms with Crippen LogP contribution in [0, 0.1) is 0 Å². The molecule has 0 saturated carbocycles. The first kappa shape index (κ1) is 10.3. The summed E-state index contributed by atoms with van der Waals surface area (Å²) in [5.74, 6) is 0.778. The van der Waals surface area contributed by atoms with Crippen molar-refractivity contribution in [1.29, 1.82) is 0 Å². The van der Waals surface area contributed by atoms with Gasteiger partial charge >= 0.3 is 0 Å². The molecule has 2 aromatic rings. The van der Waals surface area contributed by atoms with Crippen LogP contribution in [0.15, 0.2) is 18.3 Å². The molecular formula is C11H13ClN2O. The van der Waals surface area contributed by atoms with Gasteiger partial charge in [-0.1, -0.05) is 11.6 Å². The van der Waals surface area contributed by atoms with Crippen molar-refractivity contribution in [3.8, 4) is 5.75 Å². The maximum absolute atomic E-state index is 6.01. The first-order valence-corrected chi connectivity index (χ1v) is 5.06. The average molecular weight is 225 g/mol. The summed E-state index contributed by atoms with van der Waals surface area (Å²) in [5.41, 5.74) is 7.78. The molecule has 1 aromatic heterocycles. The minimum absolute atomic E-state index is 0.501. The molecule has 2 rings (SSSR count). The van der Waals surface area contributed by atoms with Crippen molar-refractivity contribution in [2.75, 3.05) is 7.11 Å². The summed E-state index contributed by atoms with van der Waals surface area (Å²) in [6.07, 6.45) is 2.00. The highest BCUT2D eigenvalue weighted by atomic mass is 35.5. The summed E-state index contributed by atoms with van der Waals surface area (Å²) in [6.45, 7) is 0.501. The fraction of sp³-hybridized carbons (Fsp3) is 0.273. The van der Waals surface area contributed by atoms with Crippen LogP contribution >= 0.6 is 11.6 Å². The van der Waals surface area contributed by atoms with Gasteiger partial charge in [-0.25, -0.2) is 0 Å². The van der Waals surface area contributed by atoms with Crippen molar-refractivity contribution in [1.82, 2.24) is 4.57 Å². The van der Waals surface area contributed by atoms with Crippen molar-refractivity contribution < 1.29 is 4.74 Å². The predicted octanol–water partition coefficient (Wildman–Crippen LogP) is 2.30. The smallest absolute Gasteiger partial charge is 0.144 e. The van der Waals surface area contributed by atoms with Gasteiger partial charge in [-0.15, -0.1) is 0 Å². The van der Waals surface area contributed by atoms with Crippen molar-refractivity contribution in [2.24, 2.45) is 12.8 Å². The Bertz CT molecular complexity index is 505. The van der Waals surface area contributed by atoms with E-state index in [0.29, 0.717) is 11.6 Å². The van der Waals surface area contributed by atoms with Gasteiger partial charge in [0.15, 0.2) is 0 Å². The van der Waals surface area contributed by atoms with E-state index in [1.807, 2.05) is 29.9 Å². The molecule has 0 aliphatic rings. The molecule has 0 unspecified atom stereocenters. The SMILES string of the molecule is COc1cc(Cl)cc2c(CN)cn(C)c12. The first-order chi connectivity index (χ1) is 7.17. The number of ether oxygens (including phenoxy) is 1. The summed E-state index contributed by atoms with van der Waals surface area (Å²) < 4.78 is 7.31. The molecule has 0 atom stereocenters. The molecule has 3 nitrogen and oxygen atoms in total. The van der Waals surface area contributed by atoms with E-state index in [0.717, 1.165) is 22.2 Å². The van der Waals surface area contributed by atoms with Crippen LogP contribution in [-0.2, 0) is 13.6 Å². The van der Waals surface area contributed by atoms with E-state index < -0.39 is 0 Å². The Balaban J connectivity index is 2.85. The number of hydrogen-bond acceptors (Lipinski definition) is 2. The van der Waals surface area contributed by atoms with Crippen LogP contribution in [0.5, 0.6) is 5.75 Å². The van der Waals surface area contributed by atoms with Crippen molar-refractivity contribution in [3.63, 3.8) is 0 Å². The number of hydrogen-bond donors (Lipinski definition) is 1. The van der Waals surface area contributed by atoms with Gasteiger partial charge in [-0.2, -0.15) is 0 Å². The fourth-order valence-corrected chi connectivity index (χ4v) is 2.08. The van der Waals surface area contributed by atoms with Crippen LogP contribution in [0.3, 0.4) is 0 Å².